The molecule has 7 nitrogen and oxygen atoms in total. The molecule has 0 saturated carbocycles. The van der Waals surface area contributed by atoms with Crippen LogP contribution in [0.3, 0.4) is 0 Å². The lowest BCUT2D eigenvalue weighted by Crippen LogP contribution is -2.53. The fraction of sp³-hybridized carbons (Fsp3) is 0.250. The summed E-state index contributed by atoms with van der Waals surface area (Å²) in [5.41, 5.74) is 1.19. The molecule has 200 valence electrons. The van der Waals surface area contributed by atoms with E-state index in [4.69, 9.17) is 34.8 Å². The van der Waals surface area contributed by atoms with Gasteiger partial charge in [-0.3, -0.25) is 14.4 Å². The maximum absolute atomic E-state index is 13.4. The van der Waals surface area contributed by atoms with Gasteiger partial charge in [-0.25, -0.2) is 0 Å². The monoisotopic (exact) mass is 575 g/mol. The largest absolute Gasteiger partial charge is 0.507 e. The maximum Gasteiger partial charge on any atom is 0.255 e. The molecule has 0 aliphatic rings. The second-order valence-electron chi connectivity index (χ2n) is 9.19. The molecule has 0 heterocycles. The fourth-order valence-corrected chi connectivity index (χ4v) is 4.23. The van der Waals surface area contributed by atoms with Crippen LogP contribution < -0.4 is 16.0 Å². The quantitative estimate of drug-likeness (QED) is 0.242. The topological polar surface area (TPSA) is 108 Å². The number of nitrogens with one attached hydrogen (secondary N) is 3. The minimum atomic E-state index is -0.975. The molecular weight excluding hydrogens is 549 g/mol. The molecule has 3 aromatic carbocycles. The molecule has 0 aromatic heterocycles. The lowest BCUT2D eigenvalue weighted by Gasteiger charge is -2.24. The third-order valence-electron chi connectivity index (χ3n) is 5.63. The zero-order valence-corrected chi connectivity index (χ0v) is 23.1. The number of hydrogen-bond donors (Lipinski definition) is 4. The van der Waals surface area contributed by atoms with Gasteiger partial charge in [-0.1, -0.05) is 79.0 Å². The highest BCUT2D eigenvalue weighted by Crippen LogP contribution is 2.25. The van der Waals surface area contributed by atoms with Crippen molar-refractivity contribution in [2.24, 2.45) is 5.92 Å². The molecule has 0 saturated heterocycles. The van der Waals surface area contributed by atoms with E-state index >= 15 is 0 Å². The van der Waals surface area contributed by atoms with Crippen LogP contribution in [0.25, 0.3) is 0 Å². The van der Waals surface area contributed by atoms with E-state index in [2.05, 4.69) is 16.0 Å². The van der Waals surface area contributed by atoms with Gasteiger partial charge in [-0.05, 0) is 54.3 Å². The van der Waals surface area contributed by atoms with Crippen LogP contribution in [0.4, 0.5) is 5.69 Å². The minimum absolute atomic E-state index is 0.0385. The summed E-state index contributed by atoms with van der Waals surface area (Å²) in [6.07, 6.45) is 0.503. The Balaban J connectivity index is 1.82. The molecule has 0 aliphatic heterocycles. The lowest BCUT2D eigenvalue weighted by atomic mass is 10.0. The zero-order valence-electron chi connectivity index (χ0n) is 20.8. The molecule has 0 bridgehead atoms. The number of hydrogen-bond acceptors (Lipinski definition) is 4. The Morgan fingerprint density at radius 3 is 2.18 bits per heavy atom. The second-order valence-corrected chi connectivity index (χ2v) is 10.4. The number of benzene rings is 3. The number of carbonyl (C=O) groups excluding carboxylic acids is 3. The van der Waals surface area contributed by atoms with Crippen molar-refractivity contribution in [1.82, 2.24) is 10.6 Å². The average molecular weight is 577 g/mol. The highest BCUT2D eigenvalue weighted by molar-refractivity contribution is 6.42. The normalized spacial score (nSPS) is 12.5. The van der Waals surface area contributed by atoms with E-state index < -0.39 is 29.8 Å². The second kappa shape index (κ2) is 13.5. The molecule has 0 fully saturated rings. The van der Waals surface area contributed by atoms with Gasteiger partial charge in [-0.15, -0.1) is 0 Å². The van der Waals surface area contributed by atoms with E-state index in [-0.39, 0.29) is 33.7 Å². The van der Waals surface area contributed by atoms with Crippen molar-refractivity contribution in [3.05, 3.63) is 92.9 Å². The van der Waals surface area contributed by atoms with Crippen LogP contribution in [0.5, 0.6) is 5.75 Å². The summed E-state index contributed by atoms with van der Waals surface area (Å²) < 4.78 is 0. The smallest absolute Gasteiger partial charge is 0.255 e. The van der Waals surface area contributed by atoms with Crippen LogP contribution in [-0.2, 0) is 16.0 Å². The first-order chi connectivity index (χ1) is 18.0. The minimum Gasteiger partial charge on any atom is -0.507 e. The molecule has 3 aromatic rings. The van der Waals surface area contributed by atoms with Crippen molar-refractivity contribution in [3.8, 4) is 5.75 Å². The Hall–Kier alpha value is -3.26. The van der Waals surface area contributed by atoms with Gasteiger partial charge in [0.2, 0.25) is 11.8 Å². The highest BCUT2D eigenvalue weighted by atomic mass is 35.5. The SMILES string of the molecule is CC(C)C[C@H](NC(=O)c1cc(Cl)ccc1O)C(=O)N[C@@H](Cc1ccccc1)C(=O)Nc1ccc(Cl)c(Cl)c1. The molecule has 3 amide bonds. The number of carbonyl (C=O) groups is 3. The standard InChI is InChI=1S/C28H28Cl3N3O4/c1-16(2)12-23(33-26(36)20-14-18(29)8-11-25(20)35)28(38)34-24(13-17-6-4-3-5-7-17)27(37)32-19-9-10-21(30)22(31)15-19/h3-11,14-16,23-24,35H,12-13H2,1-2H3,(H,32,37)(H,33,36)(H,34,38)/t23-,24-/m0/s1. The molecule has 0 spiro atoms. The molecular formula is C28H28Cl3N3O4. The first-order valence-corrected chi connectivity index (χ1v) is 13.1. The predicted octanol–water partition coefficient (Wildman–Crippen LogP) is 5.86. The highest BCUT2D eigenvalue weighted by Gasteiger charge is 2.28. The van der Waals surface area contributed by atoms with E-state index in [0.717, 1.165) is 5.56 Å². The van der Waals surface area contributed by atoms with Gasteiger partial charge < -0.3 is 21.1 Å². The number of amides is 3. The van der Waals surface area contributed by atoms with E-state index in [9.17, 15) is 19.5 Å². The van der Waals surface area contributed by atoms with Crippen molar-refractivity contribution in [2.75, 3.05) is 5.32 Å². The van der Waals surface area contributed by atoms with Crippen molar-refractivity contribution < 1.29 is 19.5 Å². The third kappa shape index (κ3) is 8.38. The summed E-state index contributed by atoms with van der Waals surface area (Å²) in [7, 11) is 0. The lowest BCUT2D eigenvalue weighted by molar-refractivity contribution is -0.128. The Labute approximate surface area is 236 Å². The number of rotatable bonds is 10. The summed E-state index contributed by atoms with van der Waals surface area (Å²) in [4.78, 5) is 39.6. The van der Waals surface area contributed by atoms with Crippen molar-refractivity contribution in [1.29, 1.82) is 0 Å². The molecule has 4 N–H and O–H groups in total. The maximum atomic E-state index is 13.4. The van der Waals surface area contributed by atoms with E-state index in [1.807, 2.05) is 44.2 Å². The van der Waals surface area contributed by atoms with E-state index in [0.29, 0.717) is 17.1 Å². The summed E-state index contributed by atoms with van der Waals surface area (Å²) >= 11 is 18.0. The van der Waals surface area contributed by atoms with Crippen LogP contribution in [0, 0.1) is 5.92 Å². The molecule has 38 heavy (non-hydrogen) atoms. The first-order valence-electron chi connectivity index (χ1n) is 11.9. The fourth-order valence-electron chi connectivity index (χ4n) is 3.76. The van der Waals surface area contributed by atoms with Crippen molar-refractivity contribution in [2.45, 2.75) is 38.8 Å². The van der Waals surface area contributed by atoms with Crippen LogP contribution >= 0.6 is 34.8 Å². The van der Waals surface area contributed by atoms with E-state index in [1.165, 1.54) is 24.3 Å². The number of anilines is 1. The molecule has 0 radical (unpaired) electrons. The first kappa shape index (κ1) is 29.3. The Bertz CT molecular complexity index is 1300. The van der Waals surface area contributed by atoms with Gasteiger partial charge in [0.05, 0.1) is 15.6 Å². The van der Waals surface area contributed by atoms with Crippen LogP contribution in [0.1, 0.15) is 36.2 Å². The Kier molecular flexibility index (Phi) is 10.4. The van der Waals surface area contributed by atoms with Gasteiger partial charge in [-0.2, -0.15) is 0 Å². The summed E-state index contributed by atoms with van der Waals surface area (Å²) in [5, 5.41) is 19.2. The van der Waals surface area contributed by atoms with E-state index in [1.54, 1.807) is 12.1 Å². The van der Waals surface area contributed by atoms with Crippen LogP contribution in [0.15, 0.2) is 66.7 Å². The number of halogens is 3. The summed E-state index contributed by atoms with van der Waals surface area (Å²) in [5.74, 6) is -1.90. The Morgan fingerprint density at radius 2 is 1.53 bits per heavy atom. The van der Waals surface area contributed by atoms with Gasteiger partial charge >= 0.3 is 0 Å². The van der Waals surface area contributed by atoms with Crippen LogP contribution in [0.2, 0.25) is 15.1 Å². The Morgan fingerprint density at radius 1 is 0.816 bits per heavy atom. The van der Waals surface area contributed by atoms with Gasteiger partial charge in [0.25, 0.3) is 5.91 Å². The van der Waals surface area contributed by atoms with Gasteiger partial charge in [0.15, 0.2) is 0 Å². The number of phenolic OH excluding ortho intramolecular Hbond substituents is 1. The molecule has 2 atom stereocenters. The predicted molar refractivity (Wildman–Crippen MR) is 151 cm³/mol. The van der Waals surface area contributed by atoms with Gasteiger partial charge in [0.1, 0.15) is 17.8 Å². The van der Waals surface area contributed by atoms with Crippen LogP contribution in [-0.4, -0.2) is 34.9 Å². The summed E-state index contributed by atoms with van der Waals surface area (Å²) in [6, 6.07) is 16.0. The molecule has 0 aliphatic carbocycles. The summed E-state index contributed by atoms with van der Waals surface area (Å²) in [6.45, 7) is 3.81. The molecule has 10 heteroatoms. The van der Waals surface area contributed by atoms with Crippen molar-refractivity contribution >= 4 is 58.2 Å². The van der Waals surface area contributed by atoms with Gasteiger partial charge in [0, 0.05) is 17.1 Å². The molecule has 3 rings (SSSR count). The number of phenols is 1. The van der Waals surface area contributed by atoms with Crippen molar-refractivity contribution in [3.63, 3.8) is 0 Å². The third-order valence-corrected chi connectivity index (χ3v) is 6.61. The molecule has 0 unspecified atom stereocenters. The number of aromatic hydroxyl groups is 1. The zero-order chi connectivity index (χ0) is 27.8. The average Bonchev–Trinajstić information content (AvgIpc) is 2.87.